The Morgan fingerprint density at radius 2 is 1.33 bits per heavy atom. The quantitative estimate of drug-likeness (QED) is 0.470. The van der Waals surface area contributed by atoms with Gasteiger partial charge in [0.1, 0.15) is 29.6 Å². The van der Waals surface area contributed by atoms with Gasteiger partial charge in [-0.25, -0.2) is 0 Å². The molecule has 6 heteroatoms. The lowest BCUT2D eigenvalue weighted by Crippen LogP contribution is -1.97. The van der Waals surface area contributed by atoms with Gasteiger partial charge in [0, 0.05) is 0 Å². The van der Waals surface area contributed by atoms with Gasteiger partial charge in [0.2, 0.25) is 0 Å². The summed E-state index contributed by atoms with van der Waals surface area (Å²) in [6.45, 7) is 0.395. The minimum atomic E-state index is -0.118. The Labute approximate surface area is 155 Å². The molecule has 0 radical (unpaired) electrons. The van der Waals surface area contributed by atoms with E-state index in [1.54, 1.807) is 6.07 Å². The van der Waals surface area contributed by atoms with Crippen LogP contribution in [-0.4, -0.2) is 27.9 Å². The molecule has 3 aromatic carbocycles. The minimum absolute atomic E-state index is 0.0279. The highest BCUT2D eigenvalue weighted by Crippen LogP contribution is 2.22. The van der Waals surface area contributed by atoms with Crippen molar-refractivity contribution in [1.82, 2.24) is 0 Å². The van der Waals surface area contributed by atoms with Crippen molar-refractivity contribution in [1.29, 1.82) is 0 Å². The first-order chi connectivity index (χ1) is 13.0. The summed E-state index contributed by atoms with van der Waals surface area (Å²) in [5.41, 5.74) is 1.47. The van der Waals surface area contributed by atoms with Crippen LogP contribution < -0.4 is 4.74 Å². The van der Waals surface area contributed by atoms with Crippen LogP contribution in [0.4, 0.5) is 0 Å². The van der Waals surface area contributed by atoms with Crippen LogP contribution in [0.3, 0.4) is 0 Å². The van der Waals surface area contributed by atoms with E-state index in [0.29, 0.717) is 30.5 Å². The zero-order valence-electron chi connectivity index (χ0n) is 14.3. The number of benzene rings is 3. The predicted molar refractivity (Wildman–Crippen MR) is 99.4 cm³/mol. The molecule has 0 aliphatic rings. The molecule has 0 spiro atoms. The van der Waals surface area contributed by atoms with Gasteiger partial charge < -0.3 is 20.1 Å². The monoisotopic (exact) mass is 366 g/mol. The molecule has 3 N–H and O–H groups in total. The molecule has 0 saturated carbocycles. The smallest absolute Gasteiger partial charge is 0.153 e. The first-order valence-electron chi connectivity index (χ1n) is 7.95. The van der Waals surface area contributed by atoms with Crippen molar-refractivity contribution in [3.8, 4) is 23.0 Å². The van der Waals surface area contributed by atoms with Crippen molar-refractivity contribution in [2.75, 3.05) is 0 Å². The van der Waals surface area contributed by atoms with Crippen molar-refractivity contribution in [2.24, 2.45) is 0 Å². The van der Waals surface area contributed by atoms with Gasteiger partial charge in [0.15, 0.2) is 12.6 Å². The van der Waals surface area contributed by atoms with Crippen LogP contribution >= 0.6 is 0 Å². The fourth-order valence-corrected chi connectivity index (χ4v) is 2.13. The van der Waals surface area contributed by atoms with Crippen LogP contribution in [-0.2, 0) is 6.61 Å². The Balaban J connectivity index is 0.000000223. The molecule has 0 atom stereocenters. The standard InChI is InChI=1S/C14H12O3.C7H6O3/c15-9-12-8-13(16)6-7-14(12)17-10-11-4-2-1-3-5-11;8-4-5-3-6(9)1-2-7(5)10/h1-9,16H,10H2;1-4,9-10H. The van der Waals surface area contributed by atoms with E-state index in [1.807, 2.05) is 30.3 Å². The Bertz CT molecular complexity index is 906. The summed E-state index contributed by atoms with van der Waals surface area (Å²) in [6.07, 6.45) is 1.15. The summed E-state index contributed by atoms with van der Waals surface area (Å²) < 4.78 is 5.53. The van der Waals surface area contributed by atoms with Crippen LogP contribution in [0.15, 0.2) is 66.7 Å². The molecule has 0 unspecified atom stereocenters. The van der Waals surface area contributed by atoms with Crippen molar-refractivity contribution in [3.63, 3.8) is 0 Å². The summed E-state index contributed by atoms with van der Waals surface area (Å²) in [5.74, 6) is 0.383. The summed E-state index contributed by atoms with van der Waals surface area (Å²) in [5, 5.41) is 26.9. The van der Waals surface area contributed by atoms with E-state index in [1.165, 1.54) is 30.3 Å². The van der Waals surface area contributed by atoms with E-state index in [9.17, 15) is 14.7 Å². The third kappa shape index (κ3) is 5.89. The van der Waals surface area contributed by atoms with Gasteiger partial charge in [-0.2, -0.15) is 0 Å². The number of hydrogen-bond donors (Lipinski definition) is 3. The molecular formula is C21H18O6. The summed E-state index contributed by atoms with van der Waals surface area (Å²) >= 11 is 0. The zero-order valence-corrected chi connectivity index (χ0v) is 14.3. The Morgan fingerprint density at radius 1 is 0.741 bits per heavy atom. The van der Waals surface area contributed by atoms with Gasteiger partial charge in [-0.15, -0.1) is 0 Å². The number of ether oxygens (including phenoxy) is 1. The lowest BCUT2D eigenvalue weighted by molar-refractivity contribution is 0.111. The van der Waals surface area contributed by atoms with E-state index in [-0.39, 0.29) is 22.8 Å². The molecule has 0 fully saturated rings. The minimum Gasteiger partial charge on any atom is -0.508 e. The second kappa shape index (κ2) is 9.62. The highest BCUT2D eigenvalue weighted by Gasteiger charge is 2.04. The number of carbonyl (C=O) groups is 2. The molecule has 0 heterocycles. The molecule has 0 bridgehead atoms. The maximum absolute atomic E-state index is 10.8. The normalized spacial score (nSPS) is 9.63. The number of rotatable bonds is 5. The zero-order chi connectivity index (χ0) is 19.6. The Kier molecular flexibility index (Phi) is 6.96. The van der Waals surface area contributed by atoms with Gasteiger partial charge >= 0.3 is 0 Å². The molecule has 27 heavy (non-hydrogen) atoms. The maximum Gasteiger partial charge on any atom is 0.153 e. The van der Waals surface area contributed by atoms with Gasteiger partial charge in [-0.3, -0.25) is 9.59 Å². The molecule has 0 aliphatic carbocycles. The summed E-state index contributed by atoms with van der Waals surface area (Å²) in [4.78, 5) is 20.9. The van der Waals surface area contributed by atoms with Gasteiger partial charge in [0.25, 0.3) is 0 Å². The molecule has 138 valence electrons. The second-order valence-electron chi connectivity index (χ2n) is 5.48. The number of aromatic hydroxyl groups is 3. The molecule has 0 aliphatic heterocycles. The average molecular weight is 366 g/mol. The fraction of sp³-hybridized carbons (Fsp3) is 0.0476. The van der Waals surface area contributed by atoms with E-state index < -0.39 is 0 Å². The highest BCUT2D eigenvalue weighted by atomic mass is 16.5. The third-order valence-electron chi connectivity index (χ3n) is 3.50. The molecule has 0 aromatic heterocycles. The van der Waals surface area contributed by atoms with Gasteiger partial charge in [0.05, 0.1) is 11.1 Å². The highest BCUT2D eigenvalue weighted by molar-refractivity contribution is 5.80. The Morgan fingerprint density at radius 3 is 1.93 bits per heavy atom. The molecular weight excluding hydrogens is 348 g/mol. The third-order valence-corrected chi connectivity index (χ3v) is 3.50. The van der Waals surface area contributed by atoms with E-state index in [2.05, 4.69) is 0 Å². The average Bonchev–Trinajstić information content (AvgIpc) is 2.70. The summed E-state index contributed by atoms with van der Waals surface area (Å²) in [7, 11) is 0. The largest absolute Gasteiger partial charge is 0.508 e. The first-order valence-corrected chi connectivity index (χ1v) is 7.95. The lowest BCUT2D eigenvalue weighted by atomic mass is 10.2. The molecule has 0 amide bonds. The van der Waals surface area contributed by atoms with E-state index in [4.69, 9.17) is 14.9 Å². The molecule has 0 saturated heterocycles. The number of hydrogen-bond acceptors (Lipinski definition) is 6. The maximum atomic E-state index is 10.8. The predicted octanol–water partition coefficient (Wildman–Crippen LogP) is 3.69. The van der Waals surface area contributed by atoms with Crippen molar-refractivity contribution in [2.45, 2.75) is 6.61 Å². The van der Waals surface area contributed by atoms with Crippen LogP contribution in [0.2, 0.25) is 0 Å². The Hall–Kier alpha value is -3.80. The van der Waals surface area contributed by atoms with Crippen molar-refractivity contribution in [3.05, 3.63) is 83.4 Å². The molecule has 6 nitrogen and oxygen atoms in total. The summed E-state index contributed by atoms with van der Waals surface area (Å²) in [6, 6.07) is 17.9. The number of phenols is 3. The van der Waals surface area contributed by atoms with Crippen molar-refractivity contribution >= 4 is 12.6 Å². The van der Waals surface area contributed by atoms with Gasteiger partial charge in [-0.05, 0) is 42.0 Å². The lowest BCUT2D eigenvalue weighted by Gasteiger charge is -2.08. The SMILES string of the molecule is O=Cc1cc(O)ccc1O.O=Cc1cc(O)ccc1OCc1ccccc1. The van der Waals surface area contributed by atoms with Crippen LogP contribution in [0.5, 0.6) is 23.0 Å². The number of carbonyl (C=O) groups excluding carboxylic acids is 2. The second-order valence-corrected chi connectivity index (χ2v) is 5.48. The van der Waals surface area contributed by atoms with Crippen LogP contribution in [0, 0.1) is 0 Å². The molecule has 3 aromatic rings. The molecule has 3 rings (SSSR count). The number of phenolic OH excluding ortho intramolecular Hbond substituents is 3. The van der Waals surface area contributed by atoms with E-state index >= 15 is 0 Å². The van der Waals surface area contributed by atoms with Crippen molar-refractivity contribution < 1.29 is 29.6 Å². The van der Waals surface area contributed by atoms with E-state index in [0.717, 1.165) is 5.56 Å². The fourth-order valence-electron chi connectivity index (χ4n) is 2.13. The first kappa shape index (κ1) is 19.5. The number of aldehydes is 2. The van der Waals surface area contributed by atoms with Crippen LogP contribution in [0.1, 0.15) is 26.3 Å². The van der Waals surface area contributed by atoms with Crippen LogP contribution in [0.25, 0.3) is 0 Å². The topological polar surface area (TPSA) is 104 Å². The van der Waals surface area contributed by atoms with Gasteiger partial charge in [-0.1, -0.05) is 30.3 Å².